The van der Waals surface area contributed by atoms with E-state index >= 15 is 0 Å². The van der Waals surface area contributed by atoms with E-state index < -0.39 is 5.24 Å². The Labute approximate surface area is 117 Å². The van der Waals surface area contributed by atoms with Gasteiger partial charge in [0.15, 0.2) is 11.5 Å². The molecule has 3 atom stereocenters. The largest absolute Gasteiger partial charge is 0.493 e. The van der Waals surface area contributed by atoms with Crippen molar-refractivity contribution < 1.29 is 14.3 Å². The Kier molecular flexibility index (Phi) is 3.40. The number of fused-ring (bicyclic) bond motifs is 2. The lowest BCUT2D eigenvalue weighted by Gasteiger charge is -2.24. The molecule has 0 aromatic heterocycles. The highest BCUT2D eigenvalue weighted by Crippen LogP contribution is 2.46. The van der Waals surface area contributed by atoms with Crippen LogP contribution in [-0.2, 0) is 0 Å². The van der Waals surface area contributed by atoms with Gasteiger partial charge in [-0.1, -0.05) is 0 Å². The molecular weight excluding hydrogens is 264 g/mol. The second-order valence-electron chi connectivity index (χ2n) is 5.47. The molecular formula is C15H17ClO3. The fourth-order valence-corrected chi connectivity index (χ4v) is 3.50. The van der Waals surface area contributed by atoms with Crippen LogP contribution in [0.2, 0.25) is 0 Å². The molecule has 0 N–H and O–H groups in total. The second kappa shape index (κ2) is 5.04. The first-order valence-corrected chi connectivity index (χ1v) is 7.09. The van der Waals surface area contributed by atoms with Gasteiger partial charge in [0.1, 0.15) is 6.10 Å². The molecule has 0 unspecified atom stereocenters. The molecule has 0 saturated heterocycles. The van der Waals surface area contributed by atoms with Gasteiger partial charge in [-0.3, -0.25) is 4.79 Å². The third kappa shape index (κ3) is 2.44. The summed E-state index contributed by atoms with van der Waals surface area (Å²) in [7, 11) is 1.60. The quantitative estimate of drug-likeness (QED) is 0.790. The maximum Gasteiger partial charge on any atom is 0.252 e. The van der Waals surface area contributed by atoms with Gasteiger partial charge in [0.25, 0.3) is 5.24 Å². The Bertz CT molecular complexity index is 500. The third-order valence-corrected chi connectivity index (χ3v) is 4.56. The van der Waals surface area contributed by atoms with Crippen molar-refractivity contribution in [2.45, 2.75) is 31.8 Å². The minimum Gasteiger partial charge on any atom is -0.493 e. The predicted molar refractivity (Wildman–Crippen MR) is 73.0 cm³/mol. The van der Waals surface area contributed by atoms with E-state index in [9.17, 15) is 4.79 Å². The SMILES string of the molecule is COc1ccc(C(=O)Cl)cc1O[C@@H]1C[C@H]2CC[C@H]1C2. The molecule has 0 heterocycles. The summed E-state index contributed by atoms with van der Waals surface area (Å²) < 4.78 is 11.4. The highest BCUT2D eigenvalue weighted by atomic mass is 35.5. The number of hydrogen-bond acceptors (Lipinski definition) is 3. The summed E-state index contributed by atoms with van der Waals surface area (Å²) in [5.74, 6) is 2.76. The first-order chi connectivity index (χ1) is 9.17. The van der Waals surface area contributed by atoms with E-state index in [1.54, 1.807) is 25.3 Å². The van der Waals surface area contributed by atoms with Crippen LogP contribution < -0.4 is 9.47 Å². The van der Waals surface area contributed by atoms with Gasteiger partial charge in [0.2, 0.25) is 0 Å². The van der Waals surface area contributed by atoms with Gasteiger partial charge >= 0.3 is 0 Å². The summed E-state index contributed by atoms with van der Waals surface area (Å²) in [4.78, 5) is 11.2. The number of carbonyl (C=O) groups excluding carboxylic acids is 1. The molecule has 2 bridgehead atoms. The molecule has 0 radical (unpaired) electrons. The number of halogens is 1. The van der Waals surface area contributed by atoms with Gasteiger partial charge in [-0.05, 0) is 67.3 Å². The van der Waals surface area contributed by atoms with Gasteiger partial charge in [-0.25, -0.2) is 0 Å². The van der Waals surface area contributed by atoms with Crippen molar-refractivity contribution in [3.63, 3.8) is 0 Å². The molecule has 3 rings (SSSR count). The zero-order valence-corrected chi connectivity index (χ0v) is 11.7. The Morgan fingerprint density at radius 1 is 1.26 bits per heavy atom. The molecule has 2 aliphatic rings. The molecule has 19 heavy (non-hydrogen) atoms. The summed E-state index contributed by atoms with van der Waals surface area (Å²) in [6, 6.07) is 5.07. The van der Waals surface area contributed by atoms with Crippen LogP contribution in [0.15, 0.2) is 18.2 Å². The lowest BCUT2D eigenvalue weighted by molar-refractivity contribution is 0.107. The Hall–Kier alpha value is -1.22. The molecule has 1 aromatic carbocycles. The molecule has 102 valence electrons. The van der Waals surface area contributed by atoms with Crippen LogP contribution in [0.3, 0.4) is 0 Å². The second-order valence-corrected chi connectivity index (χ2v) is 5.81. The summed E-state index contributed by atoms with van der Waals surface area (Å²) in [5, 5.41) is -0.472. The van der Waals surface area contributed by atoms with Gasteiger partial charge in [-0.2, -0.15) is 0 Å². The number of benzene rings is 1. The zero-order chi connectivity index (χ0) is 13.4. The van der Waals surface area contributed by atoms with E-state index in [0.717, 1.165) is 12.3 Å². The summed E-state index contributed by atoms with van der Waals surface area (Å²) in [6.07, 6.45) is 5.25. The Morgan fingerprint density at radius 3 is 2.68 bits per heavy atom. The minimum absolute atomic E-state index is 0.258. The lowest BCUT2D eigenvalue weighted by Crippen LogP contribution is -2.23. The maximum absolute atomic E-state index is 11.2. The van der Waals surface area contributed by atoms with Crippen molar-refractivity contribution in [3.8, 4) is 11.5 Å². The average molecular weight is 281 g/mol. The molecule has 1 aromatic rings. The minimum atomic E-state index is -0.472. The molecule has 0 amide bonds. The van der Waals surface area contributed by atoms with Crippen LogP contribution in [0.25, 0.3) is 0 Å². The zero-order valence-electron chi connectivity index (χ0n) is 10.9. The molecule has 2 aliphatic carbocycles. The smallest absolute Gasteiger partial charge is 0.252 e. The average Bonchev–Trinajstić information content (AvgIpc) is 3.01. The van der Waals surface area contributed by atoms with Crippen LogP contribution in [0.5, 0.6) is 11.5 Å². The Balaban J connectivity index is 1.82. The van der Waals surface area contributed by atoms with E-state index in [0.29, 0.717) is 23.0 Å². The number of hydrogen-bond donors (Lipinski definition) is 0. The van der Waals surface area contributed by atoms with Gasteiger partial charge in [0, 0.05) is 5.56 Å². The van der Waals surface area contributed by atoms with E-state index in [1.165, 1.54) is 19.3 Å². The first kappa shape index (κ1) is 12.8. The molecule has 2 fully saturated rings. The van der Waals surface area contributed by atoms with Crippen molar-refractivity contribution in [1.82, 2.24) is 0 Å². The number of ether oxygens (including phenoxy) is 2. The predicted octanol–water partition coefficient (Wildman–Crippen LogP) is 3.64. The molecule has 3 nitrogen and oxygen atoms in total. The van der Waals surface area contributed by atoms with Crippen molar-refractivity contribution in [2.75, 3.05) is 7.11 Å². The standard InChI is InChI=1S/C15H17ClO3/c1-18-12-5-4-11(15(16)17)8-14(12)19-13-7-9-2-3-10(13)6-9/h4-5,8-10,13H,2-3,6-7H2,1H3/t9-,10-,13+/m0/s1. The van der Waals surface area contributed by atoms with Crippen molar-refractivity contribution in [3.05, 3.63) is 23.8 Å². The number of rotatable bonds is 4. The van der Waals surface area contributed by atoms with E-state index in [-0.39, 0.29) is 6.10 Å². The number of carbonyl (C=O) groups is 1. The topological polar surface area (TPSA) is 35.5 Å². The monoisotopic (exact) mass is 280 g/mol. The van der Waals surface area contributed by atoms with Crippen molar-refractivity contribution in [1.29, 1.82) is 0 Å². The molecule has 2 saturated carbocycles. The Morgan fingerprint density at radius 2 is 2.11 bits per heavy atom. The molecule has 0 spiro atoms. The highest BCUT2D eigenvalue weighted by Gasteiger charge is 2.41. The van der Waals surface area contributed by atoms with Gasteiger partial charge < -0.3 is 9.47 Å². The van der Waals surface area contributed by atoms with Crippen LogP contribution in [0, 0.1) is 11.8 Å². The van der Waals surface area contributed by atoms with Crippen LogP contribution >= 0.6 is 11.6 Å². The van der Waals surface area contributed by atoms with Gasteiger partial charge in [0.05, 0.1) is 7.11 Å². The normalized spacial score (nSPS) is 28.4. The van der Waals surface area contributed by atoms with Crippen LogP contribution in [-0.4, -0.2) is 18.5 Å². The van der Waals surface area contributed by atoms with Crippen LogP contribution in [0.1, 0.15) is 36.0 Å². The summed E-state index contributed by atoms with van der Waals surface area (Å²) in [6.45, 7) is 0. The number of methoxy groups -OCH3 is 1. The lowest BCUT2D eigenvalue weighted by atomic mass is 9.97. The van der Waals surface area contributed by atoms with Crippen molar-refractivity contribution in [2.24, 2.45) is 11.8 Å². The van der Waals surface area contributed by atoms with Crippen LogP contribution in [0.4, 0.5) is 0 Å². The molecule has 0 aliphatic heterocycles. The summed E-state index contributed by atoms with van der Waals surface area (Å²) in [5.41, 5.74) is 0.445. The van der Waals surface area contributed by atoms with Gasteiger partial charge in [-0.15, -0.1) is 0 Å². The first-order valence-electron chi connectivity index (χ1n) is 6.72. The van der Waals surface area contributed by atoms with E-state index in [4.69, 9.17) is 21.1 Å². The molecule has 4 heteroatoms. The fraction of sp³-hybridized carbons (Fsp3) is 0.533. The maximum atomic E-state index is 11.2. The van der Waals surface area contributed by atoms with Crippen molar-refractivity contribution >= 4 is 16.8 Å². The fourth-order valence-electron chi connectivity index (χ4n) is 3.38. The van der Waals surface area contributed by atoms with E-state index in [1.807, 2.05) is 0 Å². The third-order valence-electron chi connectivity index (χ3n) is 4.34. The summed E-state index contributed by atoms with van der Waals surface area (Å²) >= 11 is 5.52. The highest BCUT2D eigenvalue weighted by molar-refractivity contribution is 6.67. The van der Waals surface area contributed by atoms with E-state index in [2.05, 4.69) is 0 Å².